The van der Waals surface area contributed by atoms with Crippen LogP contribution >= 0.6 is 0 Å². The van der Waals surface area contributed by atoms with Crippen molar-refractivity contribution in [1.82, 2.24) is 14.9 Å². The maximum absolute atomic E-state index is 14.4. The van der Waals surface area contributed by atoms with Crippen LogP contribution in [0.3, 0.4) is 0 Å². The van der Waals surface area contributed by atoms with Crippen molar-refractivity contribution in [2.75, 3.05) is 5.32 Å². The number of rotatable bonds is 8. The standard InChI is InChI=1S/C32H32F2N4/c1-21-13-16-26(17-14-21)36-31-37-29-19-24(23(3)35-28-12-8-5-9-22(28)2)15-18-30(29)38(31)20-25-10-6-7-11-27(25)32(4,33)34/h6-7,9-19,35H,3,5,8,20H2,1-2,4H3,(H,36,37). The Hall–Kier alpha value is -4.19. The molecule has 194 valence electrons. The Kier molecular flexibility index (Phi) is 6.89. The highest BCUT2D eigenvalue weighted by molar-refractivity contribution is 5.84. The lowest BCUT2D eigenvalue weighted by Crippen LogP contribution is -2.14. The molecular weight excluding hydrogens is 478 g/mol. The van der Waals surface area contributed by atoms with Crippen LogP contribution in [0.1, 0.15) is 48.9 Å². The summed E-state index contributed by atoms with van der Waals surface area (Å²) in [4.78, 5) is 4.89. The summed E-state index contributed by atoms with van der Waals surface area (Å²) in [6.07, 6.45) is 6.47. The molecule has 6 heteroatoms. The van der Waals surface area contributed by atoms with Gasteiger partial charge in [-0.15, -0.1) is 0 Å². The zero-order chi connectivity index (χ0) is 26.9. The zero-order valence-corrected chi connectivity index (χ0v) is 22.0. The van der Waals surface area contributed by atoms with Gasteiger partial charge in [0.25, 0.3) is 5.92 Å². The molecule has 0 radical (unpaired) electrons. The van der Waals surface area contributed by atoms with Crippen LogP contribution in [0.15, 0.2) is 96.7 Å². The van der Waals surface area contributed by atoms with Gasteiger partial charge in [0.2, 0.25) is 5.95 Å². The van der Waals surface area contributed by atoms with Crippen molar-refractivity contribution in [3.63, 3.8) is 0 Å². The molecule has 38 heavy (non-hydrogen) atoms. The summed E-state index contributed by atoms with van der Waals surface area (Å²) in [5.74, 6) is -2.36. The molecule has 0 fully saturated rings. The van der Waals surface area contributed by atoms with Crippen molar-refractivity contribution < 1.29 is 8.78 Å². The average Bonchev–Trinajstić information content (AvgIpc) is 3.22. The lowest BCUT2D eigenvalue weighted by atomic mass is 10.0. The molecule has 1 aliphatic carbocycles. The highest BCUT2D eigenvalue weighted by Gasteiger charge is 2.27. The number of allylic oxidation sites excluding steroid dienone is 3. The van der Waals surface area contributed by atoms with E-state index in [9.17, 15) is 8.78 Å². The average molecular weight is 511 g/mol. The molecular formula is C32H32F2N4. The van der Waals surface area contributed by atoms with Crippen LogP contribution in [0.25, 0.3) is 16.7 Å². The van der Waals surface area contributed by atoms with E-state index in [4.69, 9.17) is 4.98 Å². The quantitative estimate of drug-likeness (QED) is 0.250. The van der Waals surface area contributed by atoms with Crippen molar-refractivity contribution in [2.45, 2.75) is 46.1 Å². The summed E-state index contributed by atoms with van der Waals surface area (Å²) in [6, 6.07) is 20.7. The van der Waals surface area contributed by atoms with E-state index in [2.05, 4.69) is 36.3 Å². The fraction of sp³-hybridized carbons (Fsp3) is 0.219. The number of alkyl halides is 2. The lowest BCUT2D eigenvalue weighted by molar-refractivity contribution is 0.0165. The molecule has 0 aliphatic heterocycles. The van der Waals surface area contributed by atoms with Crippen LogP contribution in [0.4, 0.5) is 20.4 Å². The van der Waals surface area contributed by atoms with E-state index in [0.717, 1.165) is 59.0 Å². The number of nitrogens with one attached hydrogen (secondary N) is 2. The Morgan fingerprint density at radius 3 is 2.47 bits per heavy atom. The number of aryl methyl sites for hydroxylation is 1. The van der Waals surface area contributed by atoms with Gasteiger partial charge in [-0.05, 0) is 67.7 Å². The molecule has 0 saturated heterocycles. The number of hydrogen-bond donors (Lipinski definition) is 2. The molecule has 0 unspecified atom stereocenters. The van der Waals surface area contributed by atoms with E-state index in [1.54, 1.807) is 18.2 Å². The van der Waals surface area contributed by atoms with Crippen molar-refractivity contribution >= 4 is 28.4 Å². The zero-order valence-electron chi connectivity index (χ0n) is 22.0. The summed E-state index contributed by atoms with van der Waals surface area (Å²) in [7, 11) is 0. The van der Waals surface area contributed by atoms with E-state index >= 15 is 0 Å². The maximum Gasteiger partial charge on any atom is 0.270 e. The number of aromatic nitrogens is 2. The fourth-order valence-electron chi connectivity index (χ4n) is 4.78. The van der Waals surface area contributed by atoms with E-state index in [-0.39, 0.29) is 12.1 Å². The summed E-state index contributed by atoms with van der Waals surface area (Å²) in [5.41, 5.74) is 8.18. The number of nitrogens with zero attached hydrogens (tertiary/aromatic N) is 2. The smallest absolute Gasteiger partial charge is 0.270 e. The summed E-state index contributed by atoms with van der Waals surface area (Å²) < 4.78 is 30.8. The molecule has 0 bridgehead atoms. The van der Waals surface area contributed by atoms with Gasteiger partial charge in [0.15, 0.2) is 0 Å². The monoisotopic (exact) mass is 510 g/mol. The Morgan fingerprint density at radius 1 is 1.00 bits per heavy atom. The minimum Gasteiger partial charge on any atom is -0.356 e. The Bertz CT molecular complexity index is 1550. The molecule has 4 aromatic rings. The lowest BCUT2D eigenvalue weighted by Gasteiger charge is -2.18. The van der Waals surface area contributed by atoms with Gasteiger partial charge in [0.1, 0.15) is 0 Å². The van der Waals surface area contributed by atoms with Crippen molar-refractivity contribution in [2.24, 2.45) is 0 Å². The molecule has 4 nitrogen and oxygen atoms in total. The second kappa shape index (κ2) is 10.3. The molecule has 1 aliphatic rings. The maximum atomic E-state index is 14.4. The third-order valence-corrected chi connectivity index (χ3v) is 6.90. The number of anilines is 2. The molecule has 0 atom stereocenters. The molecule has 2 N–H and O–H groups in total. The number of benzene rings is 3. The van der Waals surface area contributed by atoms with Gasteiger partial charge in [-0.1, -0.05) is 66.8 Å². The topological polar surface area (TPSA) is 41.9 Å². The van der Waals surface area contributed by atoms with E-state index in [1.807, 2.05) is 54.0 Å². The molecule has 5 rings (SSSR count). The largest absolute Gasteiger partial charge is 0.356 e. The second-order valence-corrected chi connectivity index (χ2v) is 9.95. The first-order valence-electron chi connectivity index (χ1n) is 12.8. The second-order valence-electron chi connectivity index (χ2n) is 9.95. The van der Waals surface area contributed by atoms with Gasteiger partial charge in [-0.3, -0.25) is 0 Å². The molecule has 0 amide bonds. The predicted octanol–water partition coefficient (Wildman–Crippen LogP) is 8.43. The third kappa shape index (κ3) is 5.40. The van der Waals surface area contributed by atoms with Gasteiger partial charge in [0.05, 0.1) is 17.6 Å². The van der Waals surface area contributed by atoms with E-state index in [1.165, 1.54) is 11.6 Å². The van der Waals surface area contributed by atoms with Crippen LogP contribution in [0.2, 0.25) is 0 Å². The van der Waals surface area contributed by atoms with Gasteiger partial charge in [0, 0.05) is 29.6 Å². The van der Waals surface area contributed by atoms with Crippen LogP contribution in [-0.2, 0) is 12.5 Å². The van der Waals surface area contributed by atoms with E-state index < -0.39 is 5.92 Å². The normalized spacial score (nSPS) is 13.7. The minimum atomic E-state index is -2.95. The van der Waals surface area contributed by atoms with Gasteiger partial charge in [-0.25, -0.2) is 13.8 Å². The van der Waals surface area contributed by atoms with Crippen LogP contribution in [-0.4, -0.2) is 9.55 Å². The third-order valence-electron chi connectivity index (χ3n) is 6.90. The first-order chi connectivity index (χ1) is 18.2. The summed E-state index contributed by atoms with van der Waals surface area (Å²) in [5, 5.41) is 6.84. The molecule has 3 aromatic carbocycles. The van der Waals surface area contributed by atoms with Gasteiger partial charge < -0.3 is 15.2 Å². The first kappa shape index (κ1) is 25.5. The SMILES string of the molecule is C=C(NC1=CCCC=C1C)c1ccc2c(c1)nc(Nc1ccc(C)cc1)n2Cc1ccccc1C(C)(F)F. The molecule has 1 aromatic heterocycles. The highest BCUT2D eigenvalue weighted by atomic mass is 19.3. The van der Waals surface area contributed by atoms with Crippen LogP contribution in [0.5, 0.6) is 0 Å². The van der Waals surface area contributed by atoms with Crippen molar-refractivity contribution in [1.29, 1.82) is 0 Å². The number of halogens is 2. The Labute approximate surface area is 222 Å². The number of imidazole rings is 1. The van der Waals surface area contributed by atoms with Crippen molar-refractivity contribution in [3.05, 3.63) is 119 Å². The fourth-order valence-corrected chi connectivity index (χ4v) is 4.78. The van der Waals surface area contributed by atoms with E-state index in [0.29, 0.717) is 11.5 Å². The van der Waals surface area contributed by atoms with Crippen LogP contribution < -0.4 is 10.6 Å². The molecule has 0 spiro atoms. The predicted molar refractivity (Wildman–Crippen MR) is 153 cm³/mol. The Balaban J connectivity index is 1.54. The Morgan fingerprint density at radius 2 is 1.74 bits per heavy atom. The first-order valence-corrected chi connectivity index (χ1v) is 12.8. The summed E-state index contributed by atoms with van der Waals surface area (Å²) in [6.45, 7) is 9.57. The number of fused-ring (bicyclic) bond motifs is 1. The molecule has 0 saturated carbocycles. The van der Waals surface area contributed by atoms with Crippen LogP contribution in [0, 0.1) is 6.92 Å². The van der Waals surface area contributed by atoms with Crippen molar-refractivity contribution in [3.8, 4) is 0 Å². The number of hydrogen-bond acceptors (Lipinski definition) is 3. The van der Waals surface area contributed by atoms with Gasteiger partial charge >= 0.3 is 0 Å². The summed E-state index contributed by atoms with van der Waals surface area (Å²) >= 11 is 0. The van der Waals surface area contributed by atoms with Gasteiger partial charge in [-0.2, -0.15) is 0 Å². The highest BCUT2D eigenvalue weighted by Crippen LogP contribution is 2.33. The minimum absolute atomic E-state index is 0.0153. The molecule has 1 heterocycles.